The Balaban J connectivity index is 2.05. The molecule has 7 heteroatoms. The fourth-order valence-electron chi connectivity index (χ4n) is 4.19. The summed E-state index contributed by atoms with van der Waals surface area (Å²) in [6.45, 7) is 2.51. The van der Waals surface area contributed by atoms with Crippen LogP contribution in [0.4, 0.5) is 0 Å². The predicted octanol–water partition coefficient (Wildman–Crippen LogP) is 3.72. The molecule has 1 fully saturated rings. The van der Waals surface area contributed by atoms with E-state index in [0.717, 1.165) is 43.9 Å². The van der Waals surface area contributed by atoms with E-state index in [1.165, 1.54) is 0 Å². The van der Waals surface area contributed by atoms with Gasteiger partial charge in [-0.3, -0.25) is 9.59 Å². The Labute approximate surface area is 176 Å². The largest absolute Gasteiger partial charge is 0.497 e. The Morgan fingerprint density at radius 1 is 1.17 bits per heavy atom. The molecule has 1 amide bonds. The molecule has 2 aromatic rings. The molecule has 0 spiro atoms. The lowest BCUT2D eigenvalue weighted by atomic mass is 9.90. The van der Waals surface area contributed by atoms with Crippen molar-refractivity contribution in [1.82, 2.24) is 9.88 Å². The van der Waals surface area contributed by atoms with Gasteiger partial charge in [0.2, 0.25) is 0 Å². The van der Waals surface area contributed by atoms with Gasteiger partial charge in [-0.05, 0) is 42.8 Å². The normalized spacial score (nSPS) is 16.1. The maximum Gasteiger partial charge on any atom is 0.329 e. The Bertz CT molecular complexity index is 987. The maximum atomic E-state index is 13.2. The van der Waals surface area contributed by atoms with Gasteiger partial charge in [-0.1, -0.05) is 39.0 Å². The summed E-state index contributed by atoms with van der Waals surface area (Å²) in [6.07, 6.45) is 5.83. The van der Waals surface area contributed by atoms with Gasteiger partial charge in [0.05, 0.1) is 12.6 Å². The molecule has 2 N–H and O–H groups in total. The summed E-state index contributed by atoms with van der Waals surface area (Å²) in [6, 6.07) is 6.94. The standard InChI is InChI=1S/C23H30N2O5/c1-3-4-13-25-19-15-17(30-2)10-9-16(19)14-18(21(25)27)20(26)24-23(22(28)29)11-7-5-6-8-12-23/h9-10,14-15H,3-8,11-13H2,1-2H3,(H,24,26)(H,28,29). The first kappa shape index (κ1) is 21.9. The molecule has 1 aromatic carbocycles. The molecule has 1 aromatic heterocycles. The highest BCUT2D eigenvalue weighted by atomic mass is 16.5. The first-order valence-electron chi connectivity index (χ1n) is 10.7. The van der Waals surface area contributed by atoms with E-state index in [9.17, 15) is 19.5 Å². The summed E-state index contributed by atoms with van der Waals surface area (Å²) >= 11 is 0. The van der Waals surface area contributed by atoms with Crippen LogP contribution in [0.2, 0.25) is 0 Å². The predicted molar refractivity (Wildman–Crippen MR) is 115 cm³/mol. The van der Waals surface area contributed by atoms with Gasteiger partial charge in [0, 0.05) is 12.6 Å². The van der Waals surface area contributed by atoms with Crippen LogP contribution in [0.15, 0.2) is 29.1 Å². The Morgan fingerprint density at radius 3 is 2.47 bits per heavy atom. The molecular formula is C23H30N2O5. The van der Waals surface area contributed by atoms with Gasteiger partial charge >= 0.3 is 5.97 Å². The van der Waals surface area contributed by atoms with E-state index in [-0.39, 0.29) is 5.56 Å². The summed E-state index contributed by atoms with van der Waals surface area (Å²) in [5.74, 6) is -1.02. The zero-order chi connectivity index (χ0) is 21.7. The lowest BCUT2D eigenvalue weighted by Gasteiger charge is -2.29. The number of rotatable bonds is 7. The van der Waals surface area contributed by atoms with Crippen molar-refractivity contribution in [2.24, 2.45) is 0 Å². The van der Waals surface area contributed by atoms with E-state index >= 15 is 0 Å². The van der Waals surface area contributed by atoms with Gasteiger partial charge in [0.1, 0.15) is 16.9 Å². The van der Waals surface area contributed by atoms with E-state index in [1.807, 2.05) is 13.0 Å². The van der Waals surface area contributed by atoms with Crippen molar-refractivity contribution in [2.75, 3.05) is 7.11 Å². The van der Waals surface area contributed by atoms with Crippen LogP contribution in [0, 0.1) is 0 Å². The van der Waals surface area contributed by atoms with E-state index in [2.05, 4.69) is 5.32 Å². The molecule has 1 aliphatic carbocycles. The highest BCUT2D eigenvalue weighted by Gasteiger charge is 2.40. The second-order valence-corrected chi connectivity index (χ2v) is 8.05. The first-order chi connectivity index (χ1) is 14.4. The smallest absolute Gasteiger partial charge is 0.329 e. The summed E-state index contributed by atoms with van der Waals surface area (Å²) in [4.78, 5) is 38.4. The first-order valence-corrected chi connectivity index (χ1v) is 10.7. The van der Waals surface area contributed by atoms with E-state index in [1.54, 1.807) is 29.9 Å². The zero-order valence-electron chi connectivity index (χ0n) is 17.7. The number of nitrogens with zero attached hydrogens (tertiary/aromatic N) is 1. The number of benzene rings is 1. The third kappa shape index (κ3) is 4.35. The zero-order valence-corrected chi connectivity index (χ0v) is 17.7. The molecule has 0 aliphatic heterocycles. The average Bonchev–Trinajstić information content (AvgIpc) is 2.98. The van der Waals surface area contributed by atoms with Gasteiger partial charge in [-0.25, -0.2) is 4.79 Å². The molecule has 1 heterocycles. The molecule has 3 rings (SSSR count). The van der Waals surface area contributed by atoms with Crippen LogP contribution < -0.4 is 15.6 Å². The number of aromatic nitrogens is 1. The lowest BCUT2D eigenvalue weighted by Crippen LogP contribution is -2.55. The van der Waals surface area contributed by atoms with Gasteiger partial charge in [0.25, 0.3) is 11.5 Å². The molecule has 7 nitrogen and oxygen atoms in total. The molecule has 0 unspecified atom stereocenters. The molecule has 1 saturated carbocycles. The number of carbonyl (C=O) groups is 2. The quantitative estimate of drug-likeness (QED) is 0.673. The van der Waals surface area contributed by atoms with E-state index in [0.29, 0.717) is 30.7 Å². The van der Waals surface area contributed by atoms with Crippen LogP contribution in [0.1, 0.15) is 68.6 Å². The number of ether oxygens (including phenoxy) is 1. The van der Waals surface area contributed by atoms with Crippen LogP contribution >= 0.6 is 0 Å². The molecule has 0 radical (unpaired) electrons. The van der Waals surface area contributed by atoms with Crippen molar-refractivity contribution in [1.29, 1.82) is 0 Å². The molecule has 0 bridgehead atoms. The van der Waals surface area contributed by atoms with Crippen LogP contribution in [-0.4, -0.2) is 34.2 Å². The molecule has 1 aliphatic rings. The Morgan fingerprint density at radius 2 is 1.87 bits per heavy atom. The highest BCUT2D eigenvalue weighted by molar-refractivity contribution is 6.00. The van der Waals surface area contributed by atoms with Crippen LogP contribution in [0.5, 0.6) is 5.75 Å². The van der Waals surface area contributed by atoms with Crippen molar-refractivity contribution < 1.29 is 19.4 Å². The van der Waals surface area contributed by atoms with Crippen molar-refractivity contribution in [3.63, 3.8) is 0 Å². The number of unbranched alkanes of at least 4 members (excludes halogenated alkanes) is 1. The molecule has 0 saturated heterocycles. The van der Waals surface area contributed by atoms with Crippen LogP contribution in [0.3, 0.4) is 0 Å². The van der Waals surface area contributed by atoms with E-state index < -0.39 is 23.0 Å². The topological polar surface area (TPSA) is 97.6 Å². The number of hydrogen-bond donors (Lipinski definition) is 2. The SMILES string of the molecule is CCCCn1c(=O)c(C(=O)NC2(C(=O)O)CCCCCC2)cc2ccc(OC)cc21. The number of pyridine rings is 1. The summed E-state index contributed by atoms with van der Waals surface area (Å²) in [5, 5.41) is 13.3. The molecule has 0 atom stereocenters. The number of carboxylic acids is 1. The van der Waals surface area contributed by atoms with Crippen molar-refractivity contribution in [3.8, 4) is 5.75 Å². The third-order valence-corrected chi connectivity index (χ3v) is 6.00. The van der Waals surface area contributed by atoms with Crippen LogP contribution in [-0.2, 0) is 11.3 Å². The lowest BCUT2D eigenvalue weighted by molar-refractivity contribution is -0.145. The van der Waals surface area contributed by atoms with Crippen molar-refractivity contribution >= 4 is 22.8 Å². The number of methoxy groups -OCH3 is 1. The van der Waals surface area contributed by atoms with Crippen molar-refractivity contribution in [3.05, 3.63) is 40.2 Å². The number of amides is 1. The highest BCUT2D eigenvalue weighted by Crippen LogP contribution is 2.28. The fraction of sp³-hybridized carbons (Fsp3) is 0.522. The number of fused-ring (bicyclic) bond motifs is 1. The Kier molecular flexibility index (Phi) is 6.80. The minimum atomic E-state index is -1.32. The number of carbonyl (C=O) groups excluding carboxylic acids is 1. The number of nitrogens with one attached hydrogen (secondary N) is 1. The summed E-state index contributed by atoms with van der Waals surface area (Å²) < 4.78 is 6.89. The van der Waals surface area contributed by atoms with Crippen LogP contribution in [0.25, 0.3) is 10.9 Å². The molecule has 162 valence electrons. The summed E-state index contributed by atoms with van der Waals surface area (Å²) in [5.41, 5.74) is -1.04. The van der Waals surface area contributed by atoms with Crippen molar-refractivity contribution in [2.45, 2.75) is 70.4 Å². The Hall–Kier alpha value is -2.83. The number of aliphatic carboxylic acids is 1. The fourth-order valence-corrected chi connectivity index (χ4v) is 4.19. The van der Waals surface area contributed by atoms with Gasteiger partial charge in [0.15, 0.2) is 0 Å². The number of aryl methyl sites for hydroxylation is 1. The second kappa shape index (κ2) is 9.32. The third-order valence-electron chi connectivity index (χ3n) is 6.00. The molecular weight excluding hydrogens is 384 g/mol. The van der Waals surface area contributed by atoms with Gasteiger partial charge in [-0.15, -0.1) is 0 Å². The molecule has 30 heavy (non-hydrogen) atoms. The minimum Gasteiger partial charge on any atom is -0.497 e. The number of carboxylic acid groups (broad SMARTS) is 1. The van der Waals surface area contributed by atoms with Gasteiger partial charge < -0.3 is 19.7 Å². The minimum absolute atomic E-state index is 0.0198. The summed E-state index contributed by atoms with van der Waals surface area (Å²) in [7, 11) is 1.57. The van der Waals surface area contributed by atoms with E-state index in [4.69, 9.17) is 4.74 Å². The number of hydrogen-bond acceptors (Lipinski definition) is 4. The maximum absolute atomic E-state index is 13.2. The average molecular weight is 415 g/mol. The monoisotopic (exact) mass is 414 g/mol. The second-order valence-electron chi connectivity index (χ2n) is 8.05. The van der Waals surface area contributed by atoms with Gasteiger partial charge in [-0.2, -0.15) is 0 Å².